The zero-order valence-corrected chi connectivity index (χ0v) is 11.5. The lowest BCUT2D eigenvalue weighted by atomic mass is 10.1. The minimum absolute atomic E-state index is 0.0916. The number of anilines is 1. The topological polar surface area (TPSA) is 77.8 Å². The minimum atomic E-state index is -0.107. The summed E-state index contributed by atoms with van der Waals surface area (Å²) in [6.45, 7) is 3.93. The number of nitrogens with zero attached hydrogens (tertiary/aromatic N) is 2. The normalized spacial score (nSPS) is 10.3. The number of rotatable bonds is 4. The van der Waals surface area contributed by atoms with Gasteiger partial charge in [-0.3, -0.25) is 9.78 Å². The second-order valence-electron chi connectivity index (χ2n) is 4.75. The molecule has 0 aliphatic heterocycles. The Morgan fingerprint density at radius 2 is 2.15 bits per heavy atom. The molecule has 5 heteroatoms. The van der Waals surface area contributed by atoms with E-state index in [4.69, 9.17) is 5.26 Å². The van der Waals surface area contributed by atoms with Crippen LogP contribution >= 0.6 is 0 Å². The first-order valence-electron chi connectivity index (χ1n) is 6.43. The van der Waals surface area contributed by atoms with Crippen molar-refractivity contribution in [2.45, 2.75) is 19.9 Å². The van der Waals surface area contributed by atoms with E-state index in [0.717, 1.165) is 10.9 Å². The van der Waals surface area contributed by atoms with Crippen molar-refractivity contribution in [1.82, 2.24) is 10.3 Å². The Hall–Kier alpha value is -2.61. The average Bonchev–Trinajstić information content (AvgIpc) is 2.43. The van der Waals surface area contributed by atoms with Crippen molar-refractivity contribution in [2.75, 3.05) is 11.9 Å². The van der Waals surface area contributed by atoms with Gasteiger partial charge in [-0.05, 0) is 19.9 Å². The molecule has 0 aliphatic rings. The van der Waals surface area contributed by atoms with Crippen molar-refractivity contribution < 1.29 is 4.79 Å². The summed E-state index contributed by atoms with van der Waals surface area (Å²) in [6, 6.07) is 9.70. The molecular formula is C15H16N4O. The van der Waals surface area contributed by atoms with Crippen LogP contribution in [0.15, 0.2) is 30.5 Å². The summed E-state index contributed by atoms with van der Waals surface area (Å²) in [6.07, 6.45) is 1.52. The maximum atomic E-state index is 11.7. The van der Waals surface area contributed by atoms with E-state index in [1.807, 2.05) is 38.1 Å². The lowest BCUT2D eigenvalue weighted by Crippen LogP contribution is -2.35. The number of carbonyl (C=O) groups excluding carboxylic acids is 1. The Morgan fingerprint density at radius 1 is 1.40 bits per heavy atom. The Kier molecular flexibility index (Phi) is 4.16. The maximum absolute atomic E-state index is 11.7. The molecular weight excluding hydrogens is 252 g/mol. The van der Waals surface area contributed by atoms with Crippen molar-refractivity contribution in [2.24, 2.45) is 0 Å². The highest BCUT2D eigenvalue weighted by atomic mass is 16.1. The predicted molar refractivity (Wildman–Crippen MR) is 78.2 cm³/mol. The largest absolute Gasteiger partial charge is 0.374 e. The summed E-state index contributed by atoms with van der Waals surface area (Å²) < 4.78 is 0. The van der Waals surface area contributed by atoms with E-state index in [0.29, 0.717) is 11.3 Å². The summed E-state index contributed by atoms with van der Waals surface area (Å²) >= 11 is 0. The highest BCUT2D eigenvalue weighted by molar-refractivity contribution is 5.95. The fourth-order valence-corrected chi connectivity index (χ4v) is 1.96. The van der Waals surface area contributed by atoms with Crippen molar-refractivity contribution in [3.63, 3.8) is 0 Å². The lowest BCUT2D eigenvalue weighted by Gasteiger charge is -2.12. The summed E-state index contributed by atoms with van der Waals surface area (Å²) in [4.78, 5) is 15.9. The van der Waals surface area contributed by atoms with E-state index in [-0.39, 0.29) is 18.5 Å². The van der Waals surface area contributed by atoms with Gasteiger partial charge < -0.3 is 10.6 Å². The Morgan fingerprint density at radius 3 is 2.85 bits per heavy atom. The number of aromatic nitrogens is 1. The van der Waals surface area contributed by atoms with Gasteiger partial charge in [-0.25, -0.2) is 0 Å². The summed E-state index contributed by atoms with van der Waals surface area (Å²) in [5, 5.41) is 15.8. The smallest absolute Gasteiger partial charge is 0.239 e. The Labute approximate surface area is 117 Å². The van der Waals surface area contributed by atoms with Crippen molar-refractivity contribution in [3.05, 3.63) is 36.0 Å². The van der Waals surface area contributed by atoms with Crippen LogP contribution in [0.1, 0.15) is 19.4 Å². The minimum Gasteiger partial charge on any atom is -0.374 e. The first kappa shape index (κ1) is 13.8. The van der Waals surface area contributed by atoms with Crippen LogP contribution in [0.3, 0.4) is 0 Å². The summed E-state index contributed by atoms with van der Waals surface area (Å²) in [5.41, 5.74) is 1.87. The zero-order chi connectivity index (χ0) is 14.5. The maximum Gasteiger partial charge on any atom is 0.239 e. The van der Waals surface area contributed by atoms with Crippen molar-refractivity contribution in [1.29, 1.82) is 5.26 Å². The number of hydrogen-bond acceptors (Lipinski definition) is 4. The molecule has 1 amide bonds. The number of fused-ring (bicyclic) bond motifs is 1. The molecule has 2 aromatic rings. The molecule has 5 nitrogen and oxygen atoms in total. The molecule has 0 atom stereocenters. The fourth-order valence-electron chi connectivity index (χ4n) is 1.96. The lowest BCUT2D eigenvalue weighted by molar-refractivity contribution is -0.119. The monoisotopic (exact) mass is 268 g/mol. The van der Waals surface area contributed by atoms with E-state index in [1.165, 1.54) is 6.20 Å². The van der Waals surface area contributed by atoms with Gasteiger partial charge in [0.25, 0.3) is 0 Å². The molecule has 0 spiro atoms. The molecule has 102 valence electrons. The van der Waals surface area contributed by atoms with E-state index in [2.05, 4.69) is 21.7 Å². The molecule has 1 aromatic carbocycles. The van der Waals surface area contributed by atoms with E-state index >= 15 is 0 Å². The van der Waals surface area contributed by atoms with Gasteiger partial charge in [0, 0.05) is 17.6 Å². The third kappa shape index (κ3) is 3.04. The van der Waals surface area contributed by atoms with Crippen LogP contribution in [0.2, 0.25) is 0 Å². The number of carbonyl (C=O) groups is 1. The number of nitriles is 1. The number of benzene rings is 1. The van der Waals surface area contributed by atoms with Gasteiger partial charge in [-0.2, -0.15) is 5.26 Å². The van der Waals surface area contributed by atoms with Crippen LogP contribution < -0.4 is 10.6 Å². The Bertz CT molecular complexity index is 673. The highest BCUT2D eigenvalue weighted by Gasteiger charge is 2.10. The first-order chi connectivity index (χ1) is 9.61. The Balaban J connectivity index is 2.28. The number of pyridine rings is 1. The van der Waals surface area contributed by atoms with Crippen LogP contribution in [0, 0.1) is 11.3 Å². The van der Waals surface area contributed by atoms with Gasteiger partial charge in [0.1, 0.15) is 6.07 Å². The number of hydrogen-bond donors (Lipinski definition) is 2. The van der Waals surface area contributed by atoms with Gasteiger partial charge in [-0.15, -0.1) is 0 Å². The molecule has 20 heavy (non-hydrogen) atoms. The molecule has 0 radical (unpaired) electrons. The number of amides is 1. The fraction of sp³-hybridized carbons (Fsp3) is 0.267. The molecule has 0 bridgehead atoms. The van der Waals surface area contributed by atoms with Gasteiger partial charge in [0.2, 0.25) is 5.91 Å². The van der Waals surface area contributed by atoms with Gasteiger partial charge in [-0.1, -0.05) is 18.2 Å². The second kappa shape index (κ2) is 6.02. The van der Waals surface area contributed by atoms with Gasteiger partial charge >= 0.3 is 0 Å². The van der Waals surface area contributed by atoms with Gasteiger partial charge in [0.15, 0.2) is 0 Å². The second-order valence-corrected chi connectivity index (χ2v) is 4.75. The highest BCUT2D eigenvalue weighted by Crippen LogP contribution is 2.24. The van der Waals surface area contributed by atoms with Crippen LogP contribution in [0.5, 0.6) is 0 Å². The molecule has 2 N–H and O–H groups in total. The molecule has 0 fully saturated rings. The van der Waals surface area contributed by atoms with Crippen molar-refractivity contribution >= 4 is 22.5 Å². The van der Waals surface area contributed by atoms with E-state index < -0.39 is 0 Å². The summed E-state index contributed by atoms with van der Waals surface area (Å²) in [7, 11) is 0. The number of para-hydroxylation sites is 1. The third-order valence-corrected chi connectivity index (χ3v) is 2.77. The van der Waals surface area contributed by atoms with E-state index in [9.17, 15) is 4.79 Å². The predicted octanol–water partition coefficient (Wildman–Crippen LogP) is 2.04. The molecule has 0 aliphatic carbocycles. The number of nitrogens with one attached hydrogen (secondary N) is 2. The standard InChI is InChI=1S/C15H16N4O/c1-10(2)19-14(20)9-18-15-11(7-16)8-17-13-6-4-3-5-12(13)15/h3-6,8,10H,9H2,1-2H3,(H,17,18)(H,19,20). The van der Waals surface area contributed by atoms with E-state index in [1.54, 1.807) is 0 Å². The van der Waals surface area contributed by atoms with Gasteiger partial charge in [0.05, 0.1) is 23.3 Å². The third-order valence-electron chi connectivity index (χ3n) is 2.77. The molecule has 2 rings (SSSR count). The summed E-state index contributed by atoms with van der Waals surface area (Å²) in [5.74, 6) is -0.107. The SMILES string of the molecule is CC(C)NC(=O)CNc1c(C#N)cnc2ccccc12. The van der Waals surface area contributed by atoms with Crippen molar-refractivity contribution in [3.8, 4) is 6.07 Å². The molecule has 0 saturated carbocycles. The molecule has 0 saturated heterocycles. The van der Waals surface area contributed by atoms with Crippen LogP contribution in [0.4, 0.5) is 5.69 Å². The average molecular weight is 268 g/mol. The molecule has 1 heterocycles. The first-order valence-corrected chi connectivity index (χ1v) is 6.43. The quantitative estimate of drug-likeness (QED) is 0.889. The van der Waals surface area contributed by atoms with Crippen LogP contribution in [0.25, 0.3) is 10.9 Å². The van der Waals surface area contributed by atoms with Crippen LogP contribution in [-0.2, 0) is 4.79 Å². The molecule has 1 aromatic heterocycles. The molecule has 0 unspecified atom stereocenters. The zero-order valence-electron chi connectivity index (χ0n) is 11.5. The van der Waals surface area contributed by atoms with Crippen LogP contribution in [-0.4, -0.2) is 23.5 Å².